The molecule has 4 aromatic rings. The van der Waals surface area contributed by atoms with Crippen molar-refractivity contribution in [1.29, 1.82) is 0 Å². The van der Waals surface area contributed by atoms with Gasteiger partial charge in [0.25, 0.3) is 0 Å². The summed E-state index contributed by atoms with van der Waals surface area (Å²) in [6, 6.07) is 21.3. The van der Waals surface area contributed by atoms with E-state index in [2.05, 4.69) is 60.7 Å². The summed E-state index contributed by atoms with van der Waals surface area (Å²) in [7, 11) is 0. The van der Waals surface area contributed by atoms with Gasteiger partial charge in [0.05, 0.1) is 0 Å². The van der Waals surface area contributed by atoms with E-state index in [0.717, 1.165) is 11.1 Å². The molecule has 0 spiro atoms. The van der Waals surface area contributed by atoms with Crippen LogP contribution in [-0.2, 0) is 12.8 Å². The van der Waals surface area contributed by atoms with Crippen LogP contribution in [-0.4, -0.2) is 23.4 Å². The highest BCUT2D eigenvalue weighted by Crippen LogP contribution is 2.34. The Hall–Kier alpha value is -2.42. The van der Waals surface area contributed by atoms with Crippen molar-refractivity contribution in [2.24, 2.45) is 0 Å². The molecule has 24 heavy (non-hydrogen) atoms. The number of aliphatic hydroxyl groups is 2. The van der Waals surface area contributed by atoms with Crippen molar-refractivity contribution in [2.75, 3.05) is 13.2 Å². The van der Waals surface area contributed by atoms with Crippen LogP contribution in [0, 0.1) is 0 Å². The van der Waals surface area contributed by atoms with Crippen molar-refractivity contribution in [1.82, 2.24) is 0 Å². The molecule has 0 unspecified atom stereocenters. The average Bonchev–Trinajstić information content (AvgIpc) is 2.63. The summed E-state index contributed by atoms with van der Waals surface area (Å²) in [5, 5.41) is 26.1. The average molecular weight is 316 g/mol. The van der Waals surface area contributed by atoms with Gasteiger partial charge < -0.3 is 10.2 Å². The van der Waals surface area contributed by atoms with Crippen LogP contribution in [0.5, 0.6) is 0 Å². The molecule has 0 aliphatic rings. The van der Waals surface area contributed by atoms with Crippen molar-refractivity contribution in [2.45, 2.75) is 12.8 Å². The third-order valence-corrected chi connectivity index (χ3v) is 4.84. The molecule has 0 amide bonds. The molecule has 0 radical (unpaired) electrons. The summed E-state index contributed by atoms with van der Waals surface area (Å²) in [5.74, 6) is 0. The molecule has 0 aromatic heterocycles. The van der Waals surface area contributed by atoms with Crippen LogP contribution >= 0.6 is 0 Å². The maximum Gasteiger partial charge on any atom is 0.0471 e. The van der Waals surface area contributed by atoms with E-state index in [1.165, 1.54) is 32.3 Å². The van der Waals surface area contributed by atoms with Crippen molar-refractivity contribution in [3.63, 3.8) is 0 Å². The quantitative estimate of drug-likeness (QED) is 0.554. The molecule has 0 fully saturated rings. The van der Waals surface area contributed by atoms with Crippen LogP contribution < -0.4 is 0 Å². The van der Waals surface area contributed by atoms with Crippen LogP contribution in [0.4, 0.5) is 0 Å². The molecule has 0 aliphatic carbocycles. The number of rotatable bonds is 4. The second kappa shape index (κ2) is 6.23. The lowest BCUT2D eigenvalue weighted by Crippen LogP contribution is -1.98. The molecule has 2 N–H and O–H groups in total. The van der Waals surface area contributed by atoms with Gasteiger partial charge in [0.15, 0.2) is 0 Å². The Morgan fingerprint density at radius 3 is 2.04 bits per heavy atom. The van der Waals surface area contributed by atoms with E-state index in [9.17, 15) is 10.2 Å². The second-order valence-corrected chi connectivity index (χ2v) is 6.20. The Balaban J connectivity index is 2.15. The molecule has 0 heterocycles. The summed E-state index contributed by atoms with van der Waals surface area (Å²) < 4.78 is 0. The molecule has 2 nitrogen and oxygen atoms in total. The lowest BCUT2D eigenvalue weighted by atomic mass is 9.90. The Bertz CT molecular complexity index is 1030. The molecule has 0 saturated carbocycles. The van der Waals surface area contributed by atoms with Gasteiger partial charge in [-0.3, -0.25) is 0 Å². The van der Waals surface area contributed by atoms with E-state index in [1.807, 2.05) is 0 Å². The first-order chi connectivity index (χ1) is 11.8. The number of hydrogen-bond acceptors (Lipinski definition) is 2. The van der Waals surface area contributed by atoms with Crippen molar-refractivity contribution in [3.05, 3.63) is 71.8 Å². The largest absolute Gasteiger partial charge is 0.396 e. The molecule has 0 bridgehead atoms. The molecule has 120 valence electrons. The predicted octanol–water partition coefficient (Wildman–Crippen LogP) is 4.22. The Morgan fingerprint density at radius 1 is 0.542 bits per heavy atom. The van der Waals surface area contributed by atoms with E-state index in [1.54, 1.807) is 0 Å². The van der Waals surface area contributed by atoms with Crippen molar-refractivity contribution in [3.8, 4) is 0 Å². The van der Waals surface area contributed by atoms with E-state index >= 15 is 0 Å². The van der Waals surface area contributed by atoms with E-state index < -0.39 is 0 Å². The number of aliphatic hydroxyl groups excluding tert-OH is 2. The fraction of sp³-hybridized carbons (Fsp3) is 0.182. The van der Waals surface area contributed by atoms with Crippen LogP contribution in [0.15, 0.2) is 60.7 Å². The van der Waals surface area contributed by atoms with Gasteiger partial charge in [-0.1, -0.05) is 60.7 Å². The Morgan fingerprint density at radius 2 is 1.21 bits per heavy atom. The second-order valence-electron chi connectivity index (χ2n) is 6.20. The third-order valence-electron chi connectivity index (χ3n) is 4.84. The molecule has 2 heteroatoms. The number of fused-ring (bicyclic) bond motifs is 5. The van der Waals surface area contributed by atoms with Crippen LogP contribution in [0.25, 0.3) is 32.3 Å². The van der Waals surface area contributed by atoms with E-state index in [4.69, 9.17) is 0 Å². The van der Waals surface area contributed by atoms with Gasteiger partial charge in [0.2, 0.25) is 0 Å². The Labute approximate surface area is 141 Å². The highest BCUT2D eigenvalue weighted by Gasteiger charge is 2.11. The fourth-order valence-corrected chi connectivity index (χ4v) is 3.74. The summed E-state index contributed by atoms with van der Waals surface area (Å²) >= 11 is 0. The molecule has 0 saturated heterocycles. The maximum absolute atomic E-state index is 9.46. The highest BCUT2D eigenvalue weighted by molar-refractivity contribution is 6.18. The zero-order valence-electron chi connectivity index (χ0n) is 13.5. The molecular weight excluding hydrogens is 296 g/mol. The van der Waals surface area contributed by atoms with E-state index in [-0.39, 0.29) is 13.2 Å². The van der Waals surface area contributed by atoms with Gasteiger partial charge in [0.1, 0.15) is 0 Å². The van der Waals surface area contributed by atoms with E-state index in [0.29, 0.717) is 12.8 Å². The number of hydrogen-bond donors (Lipinski definition) is 2. The maximum atomic E-state index is 9.46. The first kappa shape index (κ1) is 15.1. The van der Waals surface area contributed by atoms with Gasteiger partial charge >= 0.3 is 0 Å². The molecule has 4 rings (SSSR count). The Kier molecular flexibility index (Phi) is 3.93. The fourth-order valence-electron chi connectivity index (χ4n) is 3.74. The summed E-state index contributed by atoms with van der Waals surface area (Å²) in [5.41, 5.74) is 2.32. The first-order valence-electron chi connectivity index (χ1n) is 8.40. The van der Waals surface area contributed by atoms with Crippen LogP contribution in [0.3, 0.4) is 0 Å². The standard InChI is InChI=1S/C22H20O2/c23-13-11-16-5-6-17(12-14-24)22-19(16)9-10-20-18-4-2-1-3-15(18)7-8-21(20)22/h1-10,23-24H,11-14H2. The SMILES string of the molecule is OCCc1ccc(CCO)c2c1ccc1c3ccccc3ccc12. The predicted molar refractivity (Wildman–Crippen MR) is 101 cm³/mol. The topological polar surface area (TPSA) is 40.5 Å². The smallest absolute Gasteiger partial charge is 0.0471 e. The third kappa shape index (κ3) is 2.35. The van der Waals surface area contributed by atoms with Gasteiger partial charge in [-0.2, -0.15) is 0 Å². The zero-order valence-corrected chi connectivity index (χ0v) is 13.5. The van der Waals surface area contributed by atoms with Crippen LogP contribution in [0.1, 0.15) is 11.1 Å². The van der Waals surface area contributed by atoms with Crippen LogP contribution in [0.2, 0.25) is 0 Å². The highest BCUT2D eigenvalue weighted by atomic mass is 16.3. The molecule has 4 aromatic carbocycles. The van der Waals surface area contributed by atoms with Crippen molar-refractivity contribution >= 4 is 32.3 Å². The minimum Gasteiger partial charge on any atom is -0.396 e. The lowest BCUT2D eigenvalue weighted by molar-refractivity contribution is 0.299. The summed E-state index contributed by atoms with van der Waals surface area (Å²) in [4.78, 5) is 0. The molecular formula is C22H20O2. The summed E-state index contributed by atoms with van der Waals surface area (Å²) in [6.45, 7) is 0.280. The molecule has 0 atom stereocenters. The van der Waals surface area contributed by atoms with Gasteiger partial charge in [-0.15, -0.1) is 0 Å². The first-order valence-corrected chi connectivity index (χ1v) is 8.40. The van der Waals surface area contributed by atoms with Gasteiger partial charge in [-0.25, -0.2) is 0 Å². The lowest BCUT2D eigenvalue weighted by Gasteiger charge is -2.14. The number of benzene rings is 4. The molecule has 0 aliphatic heterocycles. The normalized spacial score (nSPS) is 11.6. The van der Waals surface area contributed by atoms with Gasteiger partial charge in [0, 0.05) is 13.2 Å². The van der Waals surface area contributed by atoms with Gasteiger partial charge in [-0.05, 0) is 56.3 Å². The minimum atomic E-state index is 0.137. The van der Waals surface area contributed by atoms with Crippen molar-refractivity contribution < 1.29 is 10.2 Å². The monoisotopic (exact) mass is 316 g/mol. The summed E-state index contributed by atoms with van der Waals surface area (Å²) in [6.07, 6.45) is 1.29. The zero-order chi connectivity index (χ0) is 16.5. The minimum absolute atomic E-state index is 0.137.